The summed E-state index contributed by atoms with van der Waals surface area (Å²) in [5, 5.41) is 15.8. The number of carbonyl (C=O) groups excluding carboxylic acids is 1. The molecule has 2 unspecified atom stereocenters. The molecular formula is C11H20N2O2S. The second-order valence-corrected chi connectivity index (χ2v) is 5.79. The van der Waals surface area contributed by atoms with Gasteiger partial charge in [-0.05, 0) is 18.8 Å². The molecule has 5 heteroatoms. The topological polar surface area (TPSA) is 61.4 Å². The highest BCUT2D eigenvalue weighted by Gasteiger charge is 2.29. The Bertz CT molecular complexity index is 240. The van der Waals surface area contributed by atoms with Gasteiger partial charge in [0.15, 0.2) is 0 Å². The zero-order valence-electron chi connectivity index (χ0n) is 9.45. The van der Waals surface area contributed by atoms with Gasteiger partial charge in [-0.25, -0.2) is 0 Å². The van der Waals surface area contributed by atoms with Crippen LogP contribution in [0.25, 0.3) is 0 Å². The molecule has 92 valence electrons. The first kappa shape index (κ1) is 12.2. The molecule has 0 aromatic carbocycles. The molecule has 0 bridgehead atoms. The van der Waals surface area contributed by atoms with E-state index in [2.05, 4.69) is 10.6 Å². The van der Waals surface area contributed by atoms with E-state index >= 15 is 0 Å². The molecule has 1 saturated carbocycles. The Balaban J connectivity index is 1.59. The number of hydrogen-bond acceptors (Lipinski definition) is 4. The van der Waals surface area contributed by atoms with Gasteiger partial charge in [0.1, 0.15) is 0 Å². The van der Waals surface area contributed by atoms with Gasteiger partial charge in [-0.15, -0.1) is 0 Å². The lowest BCUT2D eigenvalue weighted by molar-refractivity contribution is -0.122. The highest BCUT2D eigenvalue weighted by atomic mass is 32.2. The van der Waals surface area contributed by atoms with Crippen LogP contribution in [0.2, 0.25) is 0 Å². The summed E-state index contributed by atoms with van der Waals surface area (Å²) < 4.78 is 0. The molecule has 2 fully saturated rings. The monoisotopic (exact) mass is 244 g/mol. The van der Waals surface area contributed by atoms with E-state index in [1.54, 1.807) is 0 Å². The Morgan fingerprint density at radius 3 is 3.00 bits per heavy atom. The van der Waals surface area contributed by atoms with Crippen LogP contribution in [-0.2, 0) is 4.79 Å². The van der Waals surface area contributed by atoms with E-state index in [0.29, 0.717) is 24.9 Å². The summed E-state index contributed by atoms with van der Waals surface area (Å²) in [7, 11) is 0. The Labute approximate surface area is 101 Å². The van der Waals surface area contributed by atoms with Crippen LogP contribution < -0.4 is 10.6 Å². The Hall–Kier alpha value is -0.260. The maximum Gasteiger partial charge on any atom is 0.221 e. The lowest BCUT2D eigenvalue weighted by Crippen LogP contribution is -2.42. The summed E-state index contributed by atoms with van der Waals surface area (Å²) in [5.74, 6) is 2.64. The highest BCUT2D eigenvalue weighted by molar-refractivity contribution is 7.99. The van der Waals surface area contributed by atoms with Crippen LogP contribution >= 0.6 is 11.8 Å². The smallest absolute Gasteiger partial charge is 0.221 e. The van der Waals surface area contributed by atoms with Gasteiger partial charge >= 0.3 is 0 Å². The molecule has 2 aliphatic rings. The van der Waals surface area contributed by atoms with E-state index in [-0.39, 0.29) is 12.0 Å². The predicted molar refractivity (Wildman–Crippen MR) is 65.5 cm³/mol. The summed E-state index contributed by atoms with van der Waals surface area (Å²) in [6.45, 7) is 1.41. The fraction of sp³-hybridized carbons (Fsp3) is 0.909. The molecule has 0 spiro atoms. The number of aliphatic hydroxyl groups excluding tert-OH is 1. The van der Waals surface area contributed by atoms with Crippen LogP contribution in [0.3, 0.4) is 0 Å². The molecule has 2 rings (SSSR count). The van der Waals surface area contributed by atoms with Gasteiger partial charge in [0, 0.05) is 37.1 Å². The molecule has 1 saturated heterocycles. The van der Waals surface area contributed by atoms with Crippen LogP contribution in [-0.4, -0.2) is 47.8 Å². The van der Waals surface area contributed by atoms with Crippen molar-refractivity contribution in [3.05, 3.63) is 0 Å². The zero-order chi connectivity index (χ0) is 11.4. The van der Waals surface area contributed by atoms with Gasteiger partial charge in [-0.1, -0.05) is 0 Å². The first-order chi connectivity index (χ1) is 7.75. The fourth-order valence-corrected chi connectivity index (χ4v) is 2.86. The number of rotatable bonds is 5. The second kappa shape index (κ2) is 5.89. The molecule has 0 aromatic heterocycles. The van der Waals surface area contributed by atoms with Crippen molar-refractivity contribution in [2.45, 2.75) is 31.4 Å². The number of amides is 1. The van der Waals surface area contributed by atoms with Gasteiger partial charge < -0.3 is 15.7 Å². The van der Waals surface area contributed by atoms with Gasteiger partial charge in [-0.2, -0.15) is 11.8 Å². The first-order valence-corrected chi connectivity index (χ1v) is 7.17. The largest absolute Gasteiger partial charge is 0.391 e. The summed E-state index contributed by atoms with van der Waals surface area (Å²) in [6, 6.07) is 0.303. The summed E-state index contributed by atoms with van der Waals surface area (Å²) in [5.41, 5.74) is 0. The van der Waals surface area contributed by atoms with E-state index in [1.807, 2.05) is 11.8 Å². The van der Waals surface area contributed by atoms with Gasteiger partial charge in [0.2, 0.25) is 5.91 Å². The summed E-state index contributed by atoms with van der Waals surface area (Å²) >= 11 is 1.89. The van der Waals surface area contributed by atoms with E-state index < -0.39 is 0 Å². The van der Waals surface area contributed by atoms with Crippen molar-refractivity contribution in [3.63, 3.8) is 0 Å². The van der Waals surface area contributed by atoms with E-state index in [4.69, 9.17) is 0 Å². The lowest BCUT2D eigenvalue weighted by Gasteiger charge is -2.22. The van der Waals surface area contributed by atoms with E-state index in [9.17, 15) is 9.90 Å². The lowest BCUT2D eigenvalue weighted by atomic mass is 10.2. The third-order valence-electron chi connectivity index (χ3n) is 3.10. The molecule has 1 aliphatic carbocycles. The quantitative estimate of drug-likeness (QED) is 0.635. The zero-order valence-corrected chi connectivity index (χ0v) is 10.3. The van der Waals surface area contributed by atoms with E-state index in [0.717, 1.165) is 30.9 Å². The van der Waals surface area contributed by atoms with Crippen LogP contribution in [0, 0.1) is 5.92 Å². The summed E-state index contributed by atoms with van der Waals surface area (Å²) in [6.07, 6.45) is 2.41. The molecular weight excluding hydrogens is 224 g/mol. The Kier molecular flexibility index (Phi) is 4.49. The minimum atomic E-state index is -0.336. The molecule has 1 amide bonds. The number of nitrogens with one attached hydrogen (secondary N) is 2. The highest BCUT2D eigenvalue weighted by Crippen LogP contribution is 2.32. The van der Waals surface area contributed by atoms with Gasteiger partial charge in [0.05, 0.1) is 6.10 Å². The van der Waals surface area contributed by atoms with Crippen molar-refractivity contribution in [2.24, 2.45) is 5.92 Å². The molecule has 1 aliphatic heterocycles. The Morgan fingerprint density at radius 2 is 2.38 bits per heavy atom. The predicted octanol–water partition coefficient (Wildman–Crippen LogP) is -0.0314. The Morgan fingerprint density at radius 1 is 1.56 bits per heavy atom. The number of aliphatic hydroxyl groups is 1. The van der Waals surface area contributed by atoms with Crippen molar-refractivity contribution < 1.29 is 9.90 Å². The number of hydrogen-bond donors (Lipinski definition) is 3. The molecule has 0 radical (unpaired) electrons. The number of thioether (sulfide) groups is 1. The van der Waals surface area contributed by atoms with Crippen molar-refractivity contribution in [1.82, 2.24) is 10.6 Å². The third kappa shape index (κ3) is 3.96. The molecule has 1 heterocycles. The van der Waals surface area contributed by atoms with Gasteiger partial charge in [-0.3, -0.25) is 4.79 Å². The third-order valence-corrected chi connectivity index (χ3v) is 4.24. The molecule has 2 atom stereocenters. The van der Waals surface area contributed by atoms with Crippen molar-refractivity contribution in [2.75, 3.05) is 24.6 Å². The average Bonchev–Trinajstić information content (AvgIpc) is 3.11. The number of carbonyl (C=O) groups is 1. The normalized spacial score (nSPS) is 27.4. The second-order valence-electron chi connectivity index (χ2n) is 4.64. The molecule has 3 N–H and O–H groups in total. The standard InChI is InChI=1S/C11H20N2O2S/c14-10(8-1-2-8)6-13-11(15)5-9-7-16-4-3-12-9/h8-10,12,14H,1-7H2,(H,13,15). The average molecular weight is 244 g/mol. The van der Waals surface area contributed by atoms with Crippen LogP contribution in [0.5, 0.6) is 0 Å². The fourth-order valence-electron chi connectivity index (χ4n) is 1.91. The van der Waals surface area contributed by atoms with Crippen LogP contribution in [0.15, 0.2) is 0 Å². The minimum Gasteiger partial charge on any atom is -0.391 e. The van der Waals surface area contributed by atoms with E-state index in [1.165, 1.54) is 0 Å². The SMILES string of the molecule is O=C(CC1CSCCN1)NCC(O)C1CC1. The van der Waals surface area contributed by atoms with Crippen LogP contribution in [0.1, 0.15) is 19.3 Å². The van der Waals surface area contributed by atoms with Crippen LogP contribution in [0.4, 0.5) is 0 Å². The maximum absolute atomic E-state index is 11.6. The first-order valence-electron chi connectivity index (χ1n) is 6.01. The molecule has 0 aromatic rings. The van der Waals surface area contributed by atoms with Crippen molar-refractivity contribution in [1.29, 1.82) is 0 Å². The molecule has 16 heavy (non-hydrogen) atoms. The van der Waals surface area contributed by atoms with Crippen molar-refractivity contribution >= 4 is 17.7 Å². The maximum atomic E-state index is 11.6. The molecule has 4 nitrogen and oxygen atoms in total. The summed E-state index contributed by atoms with van der Waals surface area (Å²) in [4.78, 5) is 11.6. The minimum absolute atomic E-state index is 0.0553. The van der Waals surface area contributed by atoms with Gasteiger partial charge in [0.25, 0.3) is 0 Å². The van der Waals surface area contributed by atoms with Crippen molar-refractivity contribution in [3.8, 4) is 0 Å².